The zero-order valence-electron chi connectivity index (χ0n) is 12.7. The topological polar surface area (TPSA) is 81.2 Å². The highest BCUT2D eigenvalue weighted by Crippen LogP contribution is 2.25. The molecule has 1 aromatic carbocycles. The number of aromatic nitrogens is 2. The van der Waals surface area contributed by atoms with E-state index in [0.29, 0.717) is 22.6 Å². The maximum atomic E-state index is 12.4. The second kappa shape index (κ2) is 6.87. The number of hydrogen-bond acceptors (Lipinski definition) is 6. The Morgan fingerprint density at radius 2 is 2.09 bits per heavy atom. The van der Waals surface area contributed by atoms with Gasteiger partial charge in [-0.1, -0.05) is 41.7 Å². The number of aryl methyl sites for hydroxylation is 1. The molecule has 1 heterocycles. The summed E-state index contributed by atoms with van der Waals surface area (Å²) in [5.41, 5.74) is 1.24. The lowest BCUT2D eigenvalue weighted by Crippen LogP contribution is -2.33. The summed E-state index contributed by atoms with van der Waals surface area (Å²) in [6, 6.07) is 9.22. The van der Waals surface area contributed by atoms with Crippen LogP contribution in [0.25, 0.3) is 0 Å². The molecule has 2 aromatic rings. The Bertz CT molecular complexity index is 698. The third-order valence-corrected chi connectivity index (χ3v) is 4.31. The molecule has 0 aliphatic heterocycles. The van der Waals surface area contributed by atoms with Gasteiger partial charge in [-0.25, -0.2) is 4.79 Å². The molecule has 1 amide bonds. The summed E-state index contributed by atoms with van der Waals surface area (Å²) < 4.78 is 9.28. The van der Waals surface area contributed by atoms with Crippen LogP contribution in [-0.2, 0) is 16.0 Å². The van der Waals surface area contributed by atoms with E-state index in [1.165, 1.54) is 0 Å². The van der Waals surface area contributed by atoms with Gasteiger partial charge in [0, 0.05) is 11.6 Å². The predicted octanol–water partition coefficient (Wildman–Crippen LogP) is 2.28. The Morgan fingerprint density at radius 1 is 1.35 bits per heavy atom. The van der Waals surface area contributed by atoms with Crippen molar-refractivity contribution in [2.24, 2.45) is 0 Å². The average molecular weight is 331 g/mol. The number of hydrogen-bond donors (Lipinski definition) is 1. The van der Waals surface area contributed by atoms with E-state index >= 15 is 0 Å². The van der Waals surface area contributed by atoms with Gasteiger partial charge in [-0.2, -0.15) is 0 Å². The number of benzene rings is 1. The van der Waals surface area contributed by atoms with E-state index in [2.05, 4.69) is 14.9 Å². The van der Waals surface area contributed by atoms with Gasteiger partial charge in [-0.3, -0.25) is 4.79 Å². The first-order chi connectivity index (χ1) is 11.2. The highest BCUT2D eigenvalue weighted by atomic mass is 32.1. The minimum absolute atomic E-state index is 0.198. The molecule has 1 N–H and O–H groups in total. The van der Waals surface area contributed by atoms with Crippen LogP contribution in [0.5, 0.6) is 0 Å². The van der Waals surface area contributed by atoms with E-state index in [-0.39, 0.29) is 11.9 Å². The first-order valence-electron chi connectivity index (χ1n) is 7.56. The summed E-state index contributed by atoms with van der Waals surface area (Å²) in [6.45, 7) is 1.89. The van der Waals surface area contributed by atoms with Crippen molar-refractivity contribution in [1.82, 2.24) is 14.9 Å². The van der Waals surface area contributed by atoms with Crippen molar-refractivity contribution < 1.29 is 14.3 Å². The van der Waals surface area contributed by atoms with Crippen molar-refractivity contribution in [2.75, 3.05) is 0 Å². The van der Waals surface area contributed by atoms with E-state index in [1.807, 2.05) is 25.1 Å². The number of carbonyl (C=O) groups excluding carboxylic acids is 2. The number of carbonyl (C=O) groups is 2. The number of rotatable bonds is 6. The summed E-state index contributed by atoms with van der Waals surface area (Å²) in [5, 5.41) is 6.79. The smallest absolute Gasteiger partial charge is 0.353 e. The van der Waals surface area contributed by atoms with Crippen molar-refractivity contribution in [3.63, 3.8) is 0 Å². The molecule has 3 rings (SSSR count). The monoisotopic (exact) mass is 331 g/mol. The van der Waals surface area contributed by atoms with Crippen LogP contribution in [-0.4, -0.2) is 27.5 Å². The van der Waals surface area contributed by atoms with Crippen LogP contribution < -0.4 is 5.32 Å². The SMILES string of the molecule is CCc1nnsc1C(=O)O[C@H](C(=O)NC1CC1)c1ccccc1. The lowest BCUT2D eigenvalue weighted by atomic mass is 10.1. The molecule has 0 spiro atoms. The molecule has 1 aliphatic carbocycles. The van der Waals surface area contributed by atoms with Crippen LogP contribution in [0.2, 0.25) is 0 Å². The Balaban J connectivity index is 1.80. The van der Waals surface area contributed by atoms with Gasteiger partial charge in [0.15, 0.2) is 4.88 Å². The molecule has 6 nitrogen and oxygen atoms in total. The molecule has 0 bridgehead atoms. The van der Waals surface area contributed by atoms with Crippen LogP contribution in [0.15, 0.2) is 30.3 Å². The van der Waals surface area contributed by atoms with E-state index in [1.54, 1.807) is 12.1 Å². The number of ether oxygens (including phenoxy) is 1. The molecule has 0 saturated heterocycles. The standard InChI is InChI=1S/C16H17N3O3S/c1-2-12-14(23-19-18-12)16(21)22-13(10-6-4-3-5-7-10)15(20)17-11-8-9-11/h3-7,11,13H,2,8-9H2,1H3,(H,17,20)/t13-/m0/s1. The maximum Gasteiger partial charge on any atom is 0.353 e. The third-order valence-electron chi connectivity index (χ3n) is 3.57. The van der Waals surface area contributed by atoms with Gasteiger partial charge in [0.25, 0.3) is 5.91 Å². The van der Waals surface area contributed by atoms with Crippen LogP contribution in [0.4, 0.5) is 0 Å². The van der Waals surface area contributed by atoms with E-state index in [4.69, 9.17) is 4.74 Å². The molecule has 0 unspecified atom stereocenters. The zero-order valence-corrected chi connectivity index (χ0v) is 13.5. The van der Waals surface area contributed by atoms with Gasteiger partial charge in [0.1, 0.15) is 0 Å². The fraction of sp³-hybridized carbons (Fsp3) is 0.375. The molecule has 1 aliphatic rings. The number of nitrogens with one attached hydrogen (secondary N) is 1. The van der Waals surface area contributed by atoms with Gasteiger partial charge in [0.05, 0.1) is 5.69 Å². The molecule has 7 heteroatoms. The van der Waals surface area contributed by atoms with E-state index in [9.17, 15) is 9.59 Å². The minimum Gasteiger partial charge on any atom is -0.443 e. The summed E-state index contributed by atoms with van der Waals surface area (Å²) in [7, 11) is 0. The Hall–Kier alpha value is -2.28. The van der Waals surface area contributed by atoms with Gasteiger partial charge in [0.2, 0.25) is 6.10 Å². The summed E-state index contributed by atoms with van der Waals surface area (Å²) in [6.07, 6.45) is 1.57. The molecule has 0 radical (unpaired) electrons. The quantitative estimate of drug-likeness (QED) is 0.821. The summed E-state index contributed by atoms with van der Waals surface area (Å²) in [4.78, 5) is 25.2. The lowest BCUT2D eigenvalue weighted by Gasteiger charge is -2.17. The molecule has 1 atom stereocenters. The highest BCUT2D eigenvalue weighted by molar-refractivity contribution is 7.07. The zero-order chi connectivity index (χ0) is 16.2. The van der Waals surface area contributed by atoms with Crippen LogP contribution in [0, 0.1) is 0 Å². The third kappa shape index (κ3) is 3.73. The normalized spacial score (nSPS) is 15.0. The van der Waals surface area contributed by atoms with Crippen molar-refractivity contribution in [3.05, 3.63) is 46.5 Å². The predicted molar refractivity (Wildman–Crippen MR) is 85.1 cm³/mol. The maximum absolute atomic E-state index is 12.4. The molecule has 1 saturated carbocycles. The first-order valence-corrected chi connectivity index (χ1v) is 8.34. The molecule has 1 aromatic heterocycles. The molecule has 120 valence electrons. The number of amides is 1. The fourth-order valence-electron chi connectivity index (χ4n) is 2.16. The van der Waals surface area contributed by atoms with Crippen molar-refractivity contribution in [1.29, 1.82) is 0 Å². The molecule has 1 fully saturated rings. The fourth-order valence-corrected chi connectivity index (χ4v) is 2.80. The Kier molecular flexibility index (Phi) is 4.66. The number of esters is 1. The minimum atomic E-state index is -0.962. The van der Waals surface area contributed by atoms with Gasteiger partial charge in [-0.05, 0) is 30.8 Å². The van der Waals surface area contributed by atoms with E-state index in [0.717, 1.165) is 24.4 Å². The Morgan fingerprint density at radius 3 is 2.74 bits per heavy atom. The second-order valence-electron chi connectivity index (χ2n) is 5.38. The summed E-state index contributed by atoms with van der Waals surface area (Å²) in [5.74, 6) is -0.848. The van der Waals surface area contributed by atoms with Gasteiger partial charge < -0.3 is 10.1 Å². The van der Waals surface area contributed by atoms with Crippen molar-refractivity contribution in [2.45, 2.75) is 38.3 Å². The highest BCUT2D eigenvalue weighted by Gasteiger charge is 2.32. The van der Waals surface area contributed by atoms with Gasteiger partial charge in [-0.15, -0.1) is 5.10 Å². The lowest BCUT2D eigenvalue weighted by molar-refractivity contribution is -0.130. The molecule has 23 heavy (non-hydrogen) atoms. The largest absolute Gasteiger partial charge is 0.443 e. The van der Waals surface area contributed by atoms with Crippen LogP contribution >= 0.6 is 11.5 Å². The van der Waals surface area contributed by atoms with Crippen molar-refractivity contribution in [3.8, 4) is 0 Å². The van der Waals surface area contributed by atoms with Gasteiger partial charge >= 0.3 is 5.97 Å². The summed E-state index contributed by atoms with van der Waals surface area (Å²) >= 11 is 0.990. The average Bonchev–Trinajstić information content (AvgIpc) is 3.25. The van der Waals surface area contributed by atoms with E-state index < -0.39 is 12.1 Å². The Labute approximate surface area is 138 Å². The van der Waals surface area contributed by atoms with Crippen LogP contribution in [0.1, 0.15) is 46.8 Å². The van der Waals surface area contributed by atoms with Crippen molar-refractivity contribution >= 4 is 23.4 Å². The molecular weight excluding hydrogens is 314 g/mol. The first kappa shape index (κ1) is 15.6. The molecular formula is C16H17N3O3S. The van der Waals surface area contributed by atoms with Crippen LogP contribution in [0.3, 0.4) is 0 Å². The second-order valence-corrected chi connectivity index (χ2v) is 6.14. The number of nitrogens with zero attached hydrogens (tertiary/aromatic N) is 2.